The van der Waals surface area contributed by atoms with Crippen LogP contribution in [0.3, 0.4) is 0 Å². The number of carbonyl (C=O) groups excluding carboxylic acids is 1. The van der Waals surface area contributed by atoms with E-state index >= 15 is 0 Å². The number of rotatable bonds is 5. The molecule has 3 aromatic rings. The number of hydrogen-bond acceptors (Lipinski definition) is 4. The van der Waals surface area contributed by atoms with Gasteiger partial charge in [-0.15, -0.1) is 0 Å². The first kappa shape index (κ1) is 16.4. The van der Waals surface area contributed by atoms with E-state index < -0.39 is 0 Å². The summed E-state index contributed by atoms with van der Waals surface area (Å²) >= 11 is 0. The molecule has 0 fully saturated rings. The minimum absolute atomic E-state index is 0.0749. The molecule has 0 radical (unpaired) electrons. The van der Waals surface area contributed by atoms with Crippen LogP contribution in [0.25, 0.3) is 10.8 Å². The molecule has 1 N–H and O–H groups in total. The minimum atomic E-state index is -0.366. The van der Waals surface area contributed by atoms with Crippen LogP contribution in [-0.4, -0.2) is 23.8 Å². The summed E-state index contributed by atoms with van der Waals surface area (Å²) in [5, 5.41) is 6.05. The van der Waals surface area contributed by atoms with E-state index in [4.69, 9.17) is 4.74 Å². The Morgan fingerprint density at radius 2 is 1.96 bits per heavy atom. The lowest BCUT2D eigenvalue weighted by Gasteiger charge is -2.04. The first-order chi connectivity index (χ1) is 12.2. The van der Waals surface area contributed by atoms with Crippen LogP contribution in [-0.2, 0) is 11.3 Å². The molecule has 0 unspecified atom stereocenters. The van der Waals surface area contributed by atoms with Gasteiger partial charge in [-0.3, -0.25) is 9.59 Å². The molecule has 25 heavy (non-hydrogen) atoms. The van der Waals surface area contributed by atoms with Crippen molar-refractivity contribution in [2.24, 2.45) is 5.10 Å². The van der Waals surface area contributed by atoms with Crippen molar-refractivity contribution in [1.82, 2.24) is 9.99 Å². The second kappa shape index (κ2) is 7.44. The average Bonchev–Trinajstić information content (AvgIpc) is 2.63. The molecule has 0 aliphatic carbocycles. The smallest absolute Gasteiger partial charge is 0.260 e. The Morgan fingerprint density at radius 1 is 1.16 bits per heavy atom. The summed E-state index contributed by atoms with van der Waals surface area (Å²) in [6, 6.07) is 16.4. The molecular formula is C19H17N3O3. The third-order valence-corrected chi connectivity index (χ3v) is 3.69. The van der Waals surface area contributed by atoms with Gasteiger partial charge in [0.05, 0.1) is 13.3 Å². The van der Waals surface area contributed by atoms with Crippen LogP contribution in [0.5, 0.6) is 5.75 Å². The SMILES string of the molecule is COc1ccc2cc(/C=N\NC(=O)Cn3ccccc3=O)ccc2c1. The van der Waals surface area contributed by atoms with Gasteiger partial charge in [0.15, 0.2) is 0 Å². The molecule has 0 aliphatic rings. The standard InChI is InChI=1S/C19H17N3O3/c1-25-17-8-7-15-10-14(5-6-16(15)11-17)12-20-21-18(23)13-22-9-3-2-4-19(22)24/h2-12H,13H2,1H3,(H,21,23)/b20-12-. The van der Waals surface area contributed by atoms with Crippen LogP contribution < -0.4 is 15.7 Å². The van der Waals surface area contributed by atoms with Gasteiger partial charge in [-0.2, -0.15) is 5.10 Å². The number of ether oxygens (including phenoxy) is 1. The van der Waals surface area contributed by atoms with E-state index in [0.29, 0.717) is 0 Å². The first-order valence-electron chi connectivity index (χ1n) is 7.71. The number of carbonyl (C=O) groups is 1. The second-order valence-electron chi connectivity index (χ2n) is 5.43. The number of hydrazone groups is 1. The van der Waals surface area contributed by atoms with E-state index in [2.05, 4.69) is 10.5 Å². The Bertz CT molecular complexity index is 992. The van der Waals surface area contributed by atoms with Crippen molar-refractivity contribution in [1.29, 1.82) is 0 Å². The maximum Gasteiger partial charge on any atom is 0.260 e. The van der Waals surface area contributed by atoms with E-state index in [1.807, 2.05) is 36.4 Å². The number of pyridine rings is 1. The molecule has 0 atom stereocenters. The van der Waals surface area contributed by atoms with E-state index in [-0.39, 0.29) is 18.0 Å². The Balaban J connectivity index is 1.65. The summed E-state index contributed by atoms with van der Waals surface area (Å²) in [5.74, 6) is 0.437. The lowest BCUT2D eigenvalue weighted by atomic mass is 10.1. The van der Waals surface area contributed by atoms with Gasteiger partial charge >= 0.3 is 0 Å². The Morgan fingerprint density at radius 3 is 2.76 bits per heavy atom. The molecule has 0 bridgehead atoms. The van der Waals surface area contributed by atoms with Crippen LogP contribution in [0.2, 0.25) is 0 Å². The Labute approximate surface area is 144 Å². The third-order valence-electron chi connectivity index (χ3n) is 3.69. The monoisotopic (exact) mass is 335 g/mol. The lowest BCUT2D eigenvalue weighted by Crippen LogP contribution is -2.28. The van der Waals surface area contributed by atoms with E-state index in [0.717, 1.165) is 22.1 Å². The highest BCUT2D eigenvalue weighted by atomic mass is 16.5. The number of aromatic nitrogens is 1. The molecular weight excluding hydrogens is 318 g/mol. The van der Waals surface area contributed by atoms with Gasteiger partial charge in [0, 0.05) is 12.3 Å². The number of hydrogen-bond donors (Lipinski definition) is 1. The zero-order chi connectivity index (χ0) is 17.6. The molecule has 1 aromatic heterocycles. The highest BCUT2D eigenvalue weighted by Gasteiger charge is 2.02. The molecule has 126 valence electrons. The van der Waals surface area contributed by atoms with Crippen LogP contribution in [0.4, 0.5) is 0 Å². The molecule has 0 aliphatic heterocycles. The summed E-state index contributed by atoms with van der Waals surface area (Å²) in [6.45, 7) is -0.0749. The summed E-state index contributed by atoms with van der Waals surface area (Å²) in [5.41, 5.74) is 3.05. The maximum absolute atomic E-state index is 11.8. The van der Waals surface area contributed by atoms with Crippen molar-refractivity contribution >= 4 is 22.9 Å². The van der Waals surface area contributed by atoms with Crippen molar-refractivity contribution < 1.29 is 9.53 Å². The van der Waals surface area contributed by atoms with Gasteiger partial charge in [-0.25, -0.2) is 5.43 Å². The summed E-state index contributed by atoms with van der Waals surface area (Å²) in [4.78, 5) is 23.4. The summed E-state index contributed by atoms with van der Waals surface area (Å²) < 4.78 is 6.52. The highest BCUT2D eigenvalue weighted by Crippen LogP contribution is 2.21. The topological polar surface area (TPSA) is 72.7 Å². The third kappa shape index (κ3) is 4.11. The minimum Gasteiger partial charge on any atom is -0.497 e. The van der Waals surface area contributed by atoms with Gasteiger partial charge in [0.25, 0.3) is 11.5 Å². The lowest BCUT2D eigenvalue weighted by molar-refractivity contribution is -0.121. The number of methoxy groups -OCH3 is 1. The largest absolute Gasteiger partial charge is 0.497 e. The molecule has 1 heterocycles. The van der Waals surface area contributed by atoms with Gasteiger partial charge in [0.2, 0.25) is 0 Å². The number of nitrogens with one attached hydrogen (secondary N) is 1. The summed E-state index contributed by atoms with van der Waals surface area (Å²) in [6.07, 6.45) is 3.12. The van der Waals surface area contributed by atoms with E-state index in [1.165, 1.54) is 10.6 Å². The molecule has 6 nitrogen and oxygen atoms in total. The summed E-state index contributed by atoms with van der Waals surface area (Å²) in [7, 11) is 1.63. The highest BCUT2D eigenvalue weighted by molar-refractivity contribution is 5.91. The average molecular weight is 335 g/mol. The molecule has 1 amide bonds. The van der Waals surface area contributed by atoms with E-state index in [9.17, 15) is 9.59 Å². The zero-order valence-electron chi connectivity index (χ0n) is 13.7. The molecule has 0 spiro atoms. The Hall–Kier alpha value is -3.41. The fraction of sp³-hybridized carbons (Fsp3) is 0.105. The Kier molecular flexibility index (Phi) is 4.89. The van der Waals surface area contributed by atoms with Crippen LogP contribution in [0.15, 0.2) is 70.7 Å². The number of nitrogens with zero attached hydrogens (tertiary/aromatic N) is 2. The molecule has 2 aromatic carbocycles. The van der Waals surface area contributed by atoms with Gasteiger partial charge in [-0.05, 0) is 40.6 Å². The number of amides is 1. The molecule has 3 rings (SSSR count). The van der Waals surface area contributed by atoms with Gasteiger partial charge in [0.1, 0.15) is 12.3 Å². The number of fused-ring (bicyclic) bond motifs is 1. The van der Waals surface area contributed by atoms with Crippen molar-refractivity contribution in [3.63, 3.8) is 0 Å². The van der Waals surface area contributed by atoms with Gasteiger partial charge < -0.3 is 9.30 Å². The maximum atomic E-state index is 11.8. The predicted octanol–water partition coefficient (Wildman–Crippen LogP) is 2.16. The fourth-order valence-corrected chi connectivity index (χ4v) is 2.41. The quantitative estimate of drug-likeness (QED) is 0.574. The van der Waals surface area contributed by atoms with Crippen LogP contribution in [0.1, 0.15) is 5.56 Å². The van der Waals surface area contributed by atoms with Crippen molar-refractivity contribution in [2.75, 3.05) is 7.11 Å². The van der Waals surface area contributed by atoms with Gasteiger partial charge in [-0.1, -0.05) is 24.3 Å². The molecule has 0 saturated carbocycles. The van der Waals surface area contributed by atoms with Crippen LogP contribution >= 0.6 is 0 Å². The van der Waals surface area contributed by atoms with Crippen molar-refractivity contribution in [2.45, 2.75) is 6.54 Å². The van der Waals surface area contributed by atoms with E-state index in [1.54, 1.807) is 31.7 Å². The fourth-order valence-electron chi connectivity index (χ4n) is 2.41. The zero-order valence-corrected chi connectivity index (χ0v) is 13.7. The van der Waals surface area contributed by atoms with Crippen molar-refractivity contribution in [3.8, 4) is 5.75 Å². The number of benzene rings is 2. The normalized spacial score (nSPS) is 10.9. The predicted molar refractivity (Wildman–Crippen MR) is 96.9 cm³/mol. The molecule has 6 heteroatoms. The first-order valence-corrected chi connectivity index (χ1v) is 7.71. The second-order valence-corrected chi connectivity index (χ2v) is 5.43. The molecule has 0 saturated heterocycles. The van der Waals surface area contributed by atoms with Crippen molar-refractivity contribution in [3.05, 3.63) is 76.7 Å². The van der Waals surface area contributed by atoms with Crippen LogP contribution in [0, 0.1) is 0 Å².